The van der Waals surface area contributed by atoms with Crippen molar-refractivity contribution in [3.8, 4) is 0 Å². The number of likely N-dealkylation sites (tertiary alicyclic amines) is 1. The van der Waals surface area contributed by atoms with Crippen LogP contribution in [0.4, 0.5) is 10.1 Å². The molecule has 1 aromatic carbocycles. The summed E-state index contributed by atoms with van der Waals surface area (Å²) < 4.78 is 13.0. The van der Waals surface area contributed by atoms with Gasteiger partial charge in [0, 0.05) is 12.2 Å². The standard InChI is InChI=1S/C14H17FN2O3.ClH/c1-9(17-6-5-10(8-17)14(19)20)13(18)16-12-4-2-3-11(15)7-12;/h2-4,7,9-10H,5-6,8H2,1H3,(H,16,18)(H,19,20);1H. The maximum absolute atomic E-state index is 13.0. The molecule has 0 saturated carbocycles. The number of nitrogens with one attached hydrogen (secondary N) is 1. The molecule has 2 unspecified atom stereocenters. The van der Waals surface area contributed by atoms with Crippen LogP contribution in [0.3, 0.4) is 0 Å². The van der Waals surface area contributed by atoms with E-state index in [-0.39, 0.29) is 18.3 Å². The summed E-state index contributed by atoms with van der Waals surface area (Å²) in [5.41, 5.74) is 0.399. The van der Waals surface area contributed by atoms with Crippen molar-refractivity contribution in [2.75, 3.05) is 18.4 Å². The minimum atomic E-state index is -0.828. The molecular formula is C14H18ClFN2O3. The molecule has 2 rings (SSSR count). The fourth-order valence-electron chi connectivity index (χ4n) is 2.32. The average molecular weight is 317 g/mol. The van der Waals surface area contributed by atoms with E-state index in [0.29, 0.717) is 25.2 Å². The molecule has 1 heterocycles. The zero-order valence-electron chi connectivity index (χ0n) is 11.6. The Kier molecular flexibility index (Phi) is 6.11. The van der Waals surface area contributed by atoms with E-state index < -0.39 is 23.7 Å². The quantitative estimate of drug-likeness (QED) is 0.891. The van der Waals surface area contributed by atoms with Gasteiger partial charge in [0.2, 0.25) is 5.91 Å². The molecule has 2 atom stereocenters. The third kappa shape index (κ3) is 4.41. The van der Waals surface area contributed by atoms with Gasteiger partial charge >= 0.3 is 5.97 Å². The van der Waals surface area contributed by atoms with E-state index in [1.807, 2.05) is 4.90 Å². The number of amides is 1. The summed E-state index contributed by atoms with van der Waals surface area (Å²) in [5.74, 6) is -1.92. The molecule has 0 spiro atoms. The molecule has 7 heteroatoms. The lowest BCUT2D eigenvalue weighted by Gasteiger charge is -2.23. The van der Waals surface area contributed by atoms with Crippen molar-refractivity contribution in [2.24, 2.45) is 5.92 Å². The minimum Gasteiger partial charge on any atom is -0.481 e. The summed E-state index contributed by atoms with van der Waals surface area (Å²) in [4.78, 5) is 24.8. The van der Waals surface area contributed by atoms with Crippen LogP contribution in [0.25, 0.3) is 0 Å². The number of anilines is 1. The molecule has 0 radical (unpaired) electrons. The van der Waals surface area contributed by atoms with E-state index in [0.717, 1.165) is 0 Å². The smallest absolute Gasteiger partial charge is 0.307 e. The number of carbonyl (C=O) groups excluding carboxylic acids is 1. The molecule has 1 saturated heterocycles. The second kappa shape index (κ2) is 7.38. The zero-order valence-corrected chi connectivity index (χ0v) is 12.4. The molecule has 1 aliphatic rings. The third-order valence-corrected chi connectivity index (χ3v) is 3.59. The van der Waals surface area contributed by atoms with Gasteiger partial charge in [0.05, 0.1) is 12.0 Å². The van der Waals surface area contributed by atoms with Gasteiger partial charge in [-0.25, -0.2) is 4.39 Å². The molecule has 0 aliphatic carbocycles. The highest BCUT2D eigenvalue weighted by atomic mass is 35.5. The van der Waals surface area contributed by atoms with Crippen LogP contribution in [0.2, 0.25) is 0 Å². The van der Waals surface area contributed by atoms with Crippen molar-refractivity contribution in [3.05, 3.63) is 30.1 Å². The van der Waals surface area contributed by atoms with Crippen LogP contribution in [0, 0.1) is 11.7 Å². The summed E-state index contributed by atoms with van der Waals surface area (Å²) in [6.45, 7) is 2.67. The topological polar surface area (TPSA) is 69.6 Å². The van der Waals surface area contributed by atoms with Crippen LogP contribution >= 0.6 is 12.4 Å². The van der Waals surface area contributed by atoms with Crippen molar-refractivity contribution >= 4 is 30.0 Å². The number of aliphatic carboxylic acids is 1. The summed E-state index contributed by atoms with van der Waals surface area (Å²) in [5, 5.41) is 11.6. The lowest BCUT2D eigenvalue weighted by Crippen LogP contribution is -2.41. The zero-order chi connectivity index (χ0) is 14.7. The Morgan fingerprint density at radius 2 is 2.19 bits per heavy atom. The fourth-order valence-corrected chi connectivity index (χ4v) is 2.32. The van der Waals surface area contributed by atoms with Gasteiger partial charge in [-0.1, -0.05) is 6.07 Å². The number of rotatable bonds is 4. The predicted molar refractivity (Wildman–Crippen MR) is 79.1 cm³/mol. The first-order valence-electron chi connectivity index (χ1n) is 6.50. The van der Waals surface area contributed by atoms with E-state index in [2.05, 4.69) is 5.32 Å². The van der Waals surface area contributed by atoms with E-state index in [9.17, 15) is 14.0 Å². The Balaban J connectivity index is 0.00000220. The molecule has 1 amide bonds. The molecular weight excluding hydrogens is 299 g/mol. The largest absolute Gasteiger partial charge is 0.481 e. The number of carboxylic acid groups (broad SMARTS) is 1. The van der Waals surface area contributed by atoms with E-state index >= 15 is 0 Å². The monoisotopic (exact) mass is 316 g/mol. The first-order chi connectivity index (χ1) is 9.47. The Hall–Kier alpha value is -1.66. The van der Waals surface area contributed by atoms with E-state index in [1.54, 1.807) is 13.0 Å². The number of hydrogen-bond acceptors (Lipinski definition) is 3. The summed E-state index contributed by atoms with van der Waals surface area (Å²) in [6.07, 6.45) is 0.549. The minimum absolute atomic E-state index is 0. The first-order valence-corrected chi connectivity index (χ1v) is 6.50. The summed E-state index contributed by atoms with van der Waals surface area (Å²) in [6, 6.07) is 5.23. The normalized spacial score (nSPS) is 19.6. The van der Waals surface area contributed by atoms with Gasteiger partial charge in [0.1, 0.15) is 5.82 Å². The molecule has 1 aliphatic heterocycles. The molecule has 5 nitrogen and oxygen atoms in total. The number of benzene rings is 1. The number of nitrogens with zero attached hydrogens (tertiary/aromatic N) is 1. The highest BCUT2D eigenvalue weighted by molar-refractivity contribution is 5.94. The molecule has 0 bridgehead atoms. The first kappa shape index (κ1) is 17.4. The third-order valence-electron chi connectivity index (χ3n) is 3.59. The van der Waals surface area contributed by atoms with Gasteiger partial charge in [-0.3, -0.25) is 14.5 Å². The van der Waals surface area contributed by atoms with Crippen LogP contribution in [0.5, 0.6) is 0 Å². The maximum atomic E-state index is 13.0. The van der Waals surface area contributed by atoms with Gasteiger partial charge in [-0.15, -0.1) is 12.4 Å². The molecule has 116 valence electrons. The predicted octanol–water partition coefficient (Wildman–Crippen LogP) is 1.98. The number of carboxylic acids is 1. The second-order valence-electron chi connectivity index (χ2n) is 4.99. The van der Waals surface area contributed by atoms with Gasteiger partial charge in [0.15, 0.2) is 0 Å². The number of halogens is 2. The number of hydrogen-bond donors (Lipinski definition) is 2. The van der Waals surface area contributed by atoms with Crippen molar-refractivity contribution in [1.82, 2.24) is 4.90 Å². The molecule has 1 fully saturated rings. The molecule has 0 aromatic heterocycles. The Labute approximate surface area is 128 Å². The van der Waals surface area contributed by atoms with Crippen molar-refractivity contribution in [1.29, 1.82) is 0 Å². The summed E-state index contributed by atoms with van der Waals surface area (Å²) >= 11 is 0. The van der Waals surface area contributed by atoms with Gasteiger partial charge < -0.3 is 10.4 Å². The Morgan fingerprint density at radius 3 is 2.76 bits per heavy atom. The van der Waals surface area contributed by atoms with Crippen LogP contribution in [0.1, 0.15) is 13.3 Å². The highest BCUT2D eigenvalue weighted by Gasteiger charge is 2.33. The van der Waals surface area contributed by atoms with Gasteiger partial charge in [0.25, 0.3) is 0 Å². The van der Waals surface area contributed by atoms with Crippen LogP contribution in [-0.4, -0.2) is 41.0 Å². The van der Waals surface area contributed by atoms with Gasteiger partial charge in [-0.2, -0.15) is 0 Å². The van der Waals surface area contributed by atoms with E-state index in [4.69, 9.17) is 5.11 Å². The average Bonchev–Trinajstić information content (AvgIpc) is 2.87. The second-order valence-corrected chi connectivity index (χ2v) is 4.99. The van der Waals surface area contributed by atoms with Crippen molar-refractivity contribution in [2.45, 2.75) is 19.4 Å². The van der Waals surface area contributed by atoms with Crippen LogP contribution in [-0.2, 0) is 9.59 Å². The van der Waals surface area contributed by atoms with Crippen molar-refractivity contribution in [3.63, 3.8) is 0 Å². The molecule has 2 N–H and O–H groups in total. The maximum Gasteiger partial charge on any atom is 0.307 e. The van der Waals surface area contributed by atoms with Crippen LogP contribution < -0.4 is 5.32 Å². The highest BCUT2D eigenvalue weighted by Crippen LogP contribution is 2.19. The van der Waals surface area contributed by atoms with Crippen LogP contribution in [0.15, 0.2) is 24.3 Å². The van der Waals surface area contributed by atoms with Gasteiger partial charge in [-0.05, 0) is 38.1 Å². The van der Waals surface area contributed by atoms with E-state index in [1.165, 1.54) is 18.2 Å². The number of carbonyl (C=O) groups is 2. The molecule has 1 aromatic rings. The SMILES string of the molecule is CC(C(=O)Nc1cccc(F)c1)N1CCC(C(=O)O)C1.Cl. The molecule has 21 heavy (non-hydrogen) atoms. The fraction of sp³-hybridized carbons (Fsp3) is 0.429. The lowest BCUT2D eigenvalue weighted by molar-refractivity contribution is -0.141. The summed E-state index contributed by atoms with van der Waals surface area (Å²) in [7, 11) is 0. The van der Waals surface area contributed by atoms with Crippen molar-refractivity contribution < 1.29 is 19.1 Å². The Morgan fingerprint density at radius 1 is 1.48 bits per heavy atom. The lowest BCUT2D eigenvalue weighted by atomic mass is 10.1. The Bertz CT molecular complexity index is 527.